The highest BCUT2D eigenvalue weighted by Gasteiger charge is 2.19. The molecule has 1 N–H and O–H groups in total. The van der Waals surface area contributed by atoms with Crippen molar-refractivity contribution in [3.63, 3.8) is 0 Å². The van der Waals surface area contributed by atoms with Gasteiger partial charge in [-0.2, -0.15) is 0 Å². The highest BCUT2D eigenvalue weighted by Crippen LogP contribution is 2.09. The summed E-state index contributed by atoms with van der Waals surface area (Å²) >= 11 is 0. The number of rotatable bonds is 1. The lowest BCUT2D eigenvalue weighted by Crippen LogP contribution is -2.54. The van der Waals surface area contributed by atoms with Gasteiger partial charge < -0.3 is 15.1 Å². The van der Waals surface area contributed by atoms with Gasteiger partial charge in [0.2, 0.25) is 0 Å². The minimum Gasteiger partial charge on any atom is -0.315 e. The van der Waals surface area contributed by atoms with Gasteiger partial charge >= 0.3 is 0 Å². The van der Waals surface area contributed by atoms with Gasteiger partial charge in [-0.25, -0.2) is 0 Å². The maximum atomic E-state index is 3.19. The zero-order chi connectivity index (χ0) is 9.84. The second-order valence-electron chi connectivity index (χ2n) is 4.53. The molecule has 0 spiro atoms. The molecule has 0 radical (unpaired) electrons. The number of likely N-dealkylation sites (N-methyl/N-ethyl adjacent to an activating group) is 2. The second kappa shape index (κ2) is 4.94. The Labute approximate surface area is 82.1 Å². The first-order valence-corrected chi connectivity index (χ1v) is 5.16. The van der Waals surface area contributed by atoms with Gasteiger partial charge in [-0.3, -0.25) is 0 Å². The summed E-state index contributed by atoms with van der Waals surface area (Å²) in [5, 5.41) is 3.19. The molecule has 2 aliphatic heterocycles. The molecule has 2 aliphatic rings. The fourth-order valence-corrected chi connectivity index (χ4v) is 1.89. The SMILES string of the molecule is CC1CN(C)C1.CNC1CN(C)C1. The highest BCUT2D eigenvalue weighted by molar-refractivity contribution is 4.81. The molecule has 0 saturated carbocycles. The summed E-state index contributed by atoms with van der Waals surface area (Å²) < 4.78 is 0. The van der Waals surface area contributed by atoms with Crippen molar-refractivity contribution in [1.82, 2.24) is 15.1 Å². The largest absolute Gasteiger partial charge is 0.315 e. The lowest BCUT2D eigenvalue weighted by atomic mass is 10.1. The maximum absolute atomic E-state index is 3.19. The van der Waals surface area contributed by atoms with E-state index >= 15 is 0 Å². The van der Waals surface area contributed by atoms with Crippen molar-refractivity contribution in [3.05, 3.63) is 0 Å². The minimum atomic E-state index is 0.769. The molecule has 3 nitrogen and oxygen atoms in total. The van der Waals surface area contributed by atoms with Crippen molar-refractivity contribution in [2.24, 2.45) is 5.92 Å². The molecule has 13 heavy (non-hydrogen) atoms. The van der Waals surface area contributed by atoms with Crippen LogP contribution in [0.4, 0.5) is 0 Å². The molecule has 0 aromatic carbocycles. The Bertz CT molecular complexity index is 131. The van der Waals surface area contributed by atoms with E-state index in [4.69, 9.17) is 0 Å². The highest BCUT2D eigenvalue weighted by atomic mass is 15.2. The average molecular weight is 185 g/mol. The summed E-state index contributed by atoms with van der Waals surface area (Å²) in [6, 6.07) is 0.769. The Morgan fingerprint density at radius 2 is 1.46 bits per heavy atom. The Hall–Kier alpha value is -0.120. The Balaban J connectivity index is 0.000000132. The van der Waals surface area contributed by atoms with Crippen LogP contribution in [0.25, 0.3) is 0 Å². The predicted octanol–water partition coefficient (Wildman–Crippen LogP) is 0.0877. The first-order valence-electron chi connectivity index (χ1n) is 5.16. The van der Waals surface area contributed by atoms with E-state index < -0.39 is 0 Å². The zero-order valence-electron chi connectivity index (χ0n) is 9.38. The molecule has 2 rings (SSSR count). The third kappa shape index (κ3) is 3.63. The normalized spacial score (nSPS) is 25.8. The monoisotopic (exact) mass is 185 g/mol. The van der Waals surface area contributed by atoms with Crippen LogP contribution in [0.2, 0.25) is 0 Å². The molecule has 0 aromatic heterocycles. The molecule has 78 valence electrons. The van der Waals surface area contributed by atoms with Gasteiger partial charge in [-0.1, -0.05) is 6.92 Å². The smallest absolute Gasteiger partial charge is 0.0319 e. The van der Waals surface area contributed by atoms with E-state index in [1.54, 1.807) is 0 Å². The zero-order valence-corrected chi connectivity index (χ0v) is 9.38. The summed E-state index contributed by atoms with van der Waals surface area (Å²) in [5.74, 6) is 0.968. The number of hydrogen-bond acceptors (Lipinski definition) is 3. The summed E-state index contributed by atoms with van der Waals surface area (Å²) in [6.07, 6.45) is 0. The summed E-state index contributed by atoms with van der Waals surface area (Å²) in [4.78, 5) is 4.62. The molecule has 0 amide bonds. The van der Waals surface area contributed by atoms with Gasteiger partial charge in [-0.15, -0.1) is 0 Å². The van der Waals surface area contributed by atoms with Crippen LogP contribution in [0.15, 0.2) is 0 Å². The topological polar surface area (TPSA) is 18.5 Å². The number of nitrogens with zero attached hydrogens (tertiary/aromatic N) is 2. The van der Waals surface area contributed by atoms with Crippen LogP contribution in [0, 0.1) is 5.92 Å². The minimum absolute atomic E-state index is 0.769. The third-order valence-electron chi connectivity index (χ3n) is 2.72. The molecule has 3 heteroatoms. The van der Waals surface area contributed by atoms with Crippen molar-refractivity contribution in [3.8, 4) is 0 Å². The number of likely N-dealkylation sites (tertiary alicyclic amines) is 2. The molecular weight excluding hydrogens is 162 g/mol. The number of hydrogen-bond donors (Lipinski definition) is 1. The van der Waals surface area contributed by atoms with Crippen molar-refractivity contribution >= 4 is 0 Å². The second-order valence-corrected chi connectivity index (χ2v) is 4.53. The molecule has 2 heterocycles. The first-order chi connectivity index (χ1) is 6.11. The van der Waals surface area contributed by atoms with E-state index in [-0.39, 0.29) is 0 Å². The van der Waals surface area contributed by atoms with Crippen molar-refractivity contribution in [2.75, 3.05) is 47.3 Å². The van der Waals surface area contributed by atoms with E-state index in [2.05, 4.69) is 36.1 Å². The molecule has 2 saturated heterocycles. The standard InChI is InChI=1S/C5H12N2.C5H11N/c1-6-5-3-7(2)4-5;1-5-3-6(2)4-5/h5-6H,3-4H2,1-2H3;5H,3-4H2,1-2H3. The van der Waals surface area contributed by atoms with Gasteiger partial charge in [0.15, 0.2) is 0 Å². The number of nitrogens with one attached hydrogen (secondary N) is 1. The van der Waals surface area contributed by atoms with E-state index in [9.17, 15) is 0 Å². The molecule has 0 bridgehead atoms. The molecule has 0 aromatic rings. The van der Waals surface area contributed by atoms with E-state index in [0.29, 0.717) is 0 Å². The van der Waals surface area contributed by atoms with Gasteiger partial charge in [0.05, 0.1) is 0 Å². The van der Waals surface area contributed by atoms with Crippen molar-refractivity contribution in [1.29, 1.82) is 0 Å². The van der Waals surface area contributed by atoms with Crippen LogP contribution in [0.1, 0.15) is 6.92 Å². The lowest BCUT2D eigenvalue weighted by Gasteiger charge is -2.35. The van der Waals surface area contributed by atoms with Crippen molar-refractivity contribution < 1.29 is 0 Å². The van der Waals surface area contributed by atoms with E-state index in [1.807, 2.05) is 7.05 Å². The van der Waals surface area contributed by atoms with Gasteiger partial charge in [-0.05, 0) is 27.1 Å². The van der Waals surface area contributed by atoms with E-state index in [1.165, 1.54) is 26.2 Å². The maximum Gasteiger partial charge on any atom is 0.0319 e. The van der Waals surface area contributed by atoms with Crippen molar-refractivity contribution in [2.45, 2.75) is 13.0 Å². The van der Waals surface area contributed by atoms with Crippen LogP contribution in [0.3, 0.4) is 0 Å². The molecule has 0 unspecified atom stereocenters. The summed E-state index contributed by atoms with van der Waals surface area (Å²) in [6.45, 7) is 7.33. The molecule has 0 aliphatic carbocycles. The fourth-order valence-electron chi connectivity index (χ4n) is 1.89. The van der Waals surface area contributed by atoms with Crippen LogP contribution in [-0.4, -0.2) is 63.2 Å². The van der Waals surface area contributed by atoms with Crippen LogP contribution in [0.5, 0.6) is 0 Å². The van der Waals surface area contributed by atoms with Crippen LogP contribution >= 0.6 is 0 Å². The fraction of sp³-hybridized carbons (Fsp3) is 1.00. The lowest BCUT2D eigenvalue weighted by molar-refractivity contribution is 0.149. The Kier molecular flexibility index (Phi) is 4.16. The third-order valence-corrected chi connectivity index (χ3v) is 2.72. The van der Waals surface area contributed by atoms with Gasteiger partial charge in [0.25, 0.3) is 0 Å². The summed E-state index contributed by atoms with van der Waals surface area (Å²) in [5.41, 5.74) is 0. The van der Waals surface area contributed by atoms with Crippen LogP contribution < -0.4 is 5.32 Å². The molecule has 2 fully saturated rings. The quantitative estimate of drug-likeness (QED) is 0.624. The average Bonchev–Trinajstić information content (AvgIpc) is 1.98. The summed E-state index contributed by atoms with van der Waals surface area (Å²) in [7, 11) is 6.30. The Morgan fingerprint density at radius 1 is 1.00 bits per heavy atom. The van der Waals surface area contributed by atoms with Crippen LogP contribution in [-0.2, 0) is 0 Å². The predicted molar refractivity (Wildman–Crippen MR) is 57.0 cm³/mol. The molecule has 0 atom stereocenters. The Morgan fingerprint density at radius 3 is 1.54 bits per heavy atom. The first kappa shape index (κ1) is 11.0. The van der Waals surface area contributed by atoms with E-state index in [0.717, 1.165) is 12.0 Å². The van der Waals surface area contributed by atoms with Gasteiger partial charge in [0, 0.05) is 32.2 Å². The van der Waals surface area contributed by atoms with Gasteiger partial charge in [0.1, 0.15) is 0 Å². The molecular formula is C10H23N3.